The predicted octanol–water partition coefficient (Wildman–Crippen LogP) is 4.93. The van der Waals surface area contributed by atoms with Crippen LogP contribution in [0, 0.1) is 13.8 Å². The molecule has 7 heteroatoms. The van der Waals surface area contributed by atoms with E-state index in [0.717, 1.165) is 15.6 Å². The van der Waals surface area contributed by atoms with Gasteiger partial charge >= 0.3 is 5.97 Å². The molecule has 0 saturated heterocycles. The number of rotatable bonds is 6. The summed E-state index contributed by atoms with van der Waals surface area (Å²) in [5.41, 5.74) is 3.65. The highest BCUT2D eigenvalue weighted by molar-refractivity contribution is 9.10. The summed E-state index contributed by atoms with van der Waals surface area (Å²) < 4.78 is 11.4. The smallest absolute Gasteiger partial charge is 0.338 e. The minimum Gasteiger partial charge on any atom is -0.453 e. The summed E-state index contributed by atoms with van der Waals surface area (Å²) in [6, 6.07) is 13.4. The topological polar surface area (TPSA) is 85.6 Å². The molecule has 0 fully saturated rings. The summed E-state index contributed by atoms with van der Waals surface area (Å²) in [4.78, 5) is 35.0. The van der Waals surface area contributed by atoms with Gasteiger partial charge < -0.3 is 14.5 Å². The second-order valence-corrected chi connectivity index (χ2v) is 7.22. The maximum Gasteiger partial charge on any atom is 0.338 e. The zero-order valence-corrected chi connectivity index (χ0v) is 17.4. The second kappa shape index (κ2) is 8.87. The molecule has 3 aromatic rings. The van der Waals surface area contributed by atoms with Crippen molar-refractivity contribution in [2.45, 2.75) is 13.8 Å². The predicted molar refractivity (Wildman–Crippen MR) is 112 cm³/mol. The minimum absolute atomic E-state index is 0.228. The molecule has 0 radical (unpaired) electrons. The van der Waals surface area contributed by atoms with Crippen LogP contribution >= 0.6 is 15.9 Å². The number of aldehydes is 1. The van der Waals surface area contributed by atoms with Crippen LogP contribution in [-0.2, 0) is 9.53 Å². The molecule has 1 amide bonds. The molecular formula is C22H18BrNO5. The standard InChI is InChI=1S/C22H18BrNO5/c1-13-14(2)19(9-8-18(13)23)24-21(26)12-28-22(27)16-5-3-15(4-6-16)20-10-7-17(11-25)29-20/h3-11H,12H2,1-2H3,(H,24,26). The Kier molecular flexibility index (Phi) is 6.29. The Morgan fingerprint density at radius 3 is 2.41 bits per heavy atom. The summed E-state index contributed by atoms with van der Waals surface area (Å²) in [5.74, 6) is -0.280. The molecule has 0 saturated carbocycles. The number of halogens is 1. The van der Waals surface area contributed by atoms with E-state index in [1.54, 1.807) is 42.5 Å². The lowest BCUT2D eigenvalue weighted by atomic mass is 10.1. The van der Waals surface area contributed by atoms with E-state index in [9.17, 15) is 14.4 Å². The third-order valence-electron chi connectivity index (χ3n) is 4.48. The molecule has 0 aliphatic rings. The van der Waals surface area contributed by atoms with Gasteiger partial charge in [-0.1, -0.05) is 28.1 Å². The van der Waals surface area contributed by atoms with Crippen LogP contribution in [0.3, 0.4) is 0 Å². The number of nitrogens with one attached hydrogen (secondary N) is 1. The molecule has 1 aromatic heterocycles. The van der Waals surface area contributed by atoms with Crippen LogP contribution in [-0.4, -0.2) is 24.8 Å². The summed E-state index contributed by atoms with van der Waals surface area (Å²) in [6.45, 7) is 3.46. The van der Waals surface area contributed by atoms with E-state index < -0.39 is 18.5 Å². The number of carbonyl (C=O) groups excluding carboxylic acids is 3. The Balaban J connectivity index is 1.58. The number of hydrogen-bond acceptors (Lipinski definition) is 5. The molecule has 6 nitrogen and oxygen atoms in total. The van der Waals surface area contributed by atoms with Gasteiger partial charge in [-0.3, -0.25) is 9.59 Å². The van der Waals surface area contributed by atoms with E-state index in [1.165, 1.54) is 0 Å². The number of carbonyl (C=O) groups is 3. The Labute approximate surface area is 176 Å². The van der Waals surface area contributed by atoms with Gasteiger partial charge in [0.2, 0.25) is 0 Å². The molecule has 0 bridgehead atoms. The van der Waals surface area contributed by atoms with E-state index in [4.69, 9.17) is 9.15 Å². The van der Waals surface area contributed by atoms with E-state index in [2.05, 4.69) is 21.2 Å². The van der Waals surface area contributed by atoms with Crippen LogP contribution in [0.2, 0.25) is 0 Å². The summed E-state index contributed by atoms with van der Waals surface area (Å²) in [5, 5.41) is 2.75. The normalized spacial score (nSPS) is 10.4. The highest BCUT2D eigenvalue weighted by Gasteiger charge is 2.13. The molecule has 0 unspecified atom stereocenters. The Morgan fingerprint density at radius 1 is 1.03 bits per heavy atom. The molecule has 29 heavy (non-hydrogen) atoms. The average molecular weight is 456 g/mol. The lowest BCUT2D eigenvalue weighted by molar-refractivity contribution is -0.119. The summed E-state index contributed by atoms with van der Waals surface area (Å²) in [7, 11) is 0. The molecule has 3 rings (SSSR count). The van der Waals surface area contributed by atoms with E-state index in [-0.39, 0.29) is 5.76 Å². The molecule has 0 aliphatic carbocycles. The Bertz CT molecular complexity index is 1070. The highest BCUT2D eigenvalue weighted by Crippen LogP contribution is 2.26. The third-order valence-corrected chi connectivity index (χ3v) is 5.34. The first-order valence-corrected chi connectivity index (χ1v) is 9.56. The number of benzene rings is 2. The number of ether oxygens (including phenoxy) is 1. The van der Waals surface area contributed by atoms with Crippen LogP contribution in [0.15, 0.2) is 57.4 Å². The zero-order chi connectivity index (χ0) is 21.0. The molecule has 148 valence electrons. The van der Waals surface area contributed by atoms with Gasteiger partial charge in [0, 0.05) is 15.7 Å². The first kappa shape index (κ1) is 20.5. The van der Waals surface area contributed by atoms with Crippen molar-refractivity contribution in [3.05, 3.63) is 75.5 Å². The van der Waals surface area contributed by atoms with Gasteiger partial charge in [-0.2, -0.15) is 0 Å². The Hall–Kier alpha value is -3.19. The van der Waals surface area contributed by atoms with Crippen molar-refractivity contribution in [2.75, 3.05) is 11.9 Å². The fourth-order valence-electron chi connectivity index (χ4n) is 2.67. The molecule has 0 atom stereocenters. The number of anilines is 1. The first-order valence-electron chi connectivity index (χ1n) is 8.77. The van der Waals surface area contributed by atoms with E-state index in [0.29, 0.717) is 28.9 Å². The fraction of sp³-hybridized carbons (Fsp3) is 0.136. The van der Waals surface area contributed by atoms with Crippen LogP contribution in [0.1, 0.15) is 32.0 Å². The maximum absolute atomic E-state index is 12.2. The van der Waals surface area contributed by atoms with Gasteiger partial charge in [0.25, 0.3) is 5.91 Å². The molecule has 1 N–H and O–H groups in total. The highest BCUT2D eigenvalue weighted by atomic mass is 79.9. The van der Waals surface area contributed by atoms with Crippen molar-refractivity contribution in [3.63, 3.8) is 0 Å². The lowest BCUT2D eigenvalue weighted by Crippen LogP contribution is -2.21. The lowest BCUT2D eigenvalue weighted by Gasteiger charge is -2.12. The van der Waals surface area contributed by atoms with Crippen LogP contribution < -0.4 is 5.32 Å². The van der Waals surface area contributed by atoms with Crippen molar-refractivity contribution in [1.82, 2.24) is 0 Å². The van der Waals surface area contributed by atoms with Gasteiger partial charge in [0.15, 0.2) is 18.7 Å². The van der Waals surface area contributed by atoms with Gasteiger partial charge in [-0.05, 0) is 61.4 Å². The number of amides is 1. The van der Waals surface area contributed by atoms with Crippen molar-refractivity contribution in [3.8, 4) is 11.3 Å². The van der Waals surface area contributed by atoms with Crippen molar-refractivity contribution >= 4 is 39.8 Å². The van der Waals surface area contributed by atoms with Crippen molar-refractivity contribution < 1.29 is 23.5 Å². The second-order valence-electron chi connectivity index (χ2n) is 6.37. The van der Waals surface area contributed by atoms with Gasteiger partial charge in [-0.25, -0.2) is 4.79 Å². The molecule has 1 heterocycles. The number of esters is 1. The SMILES string of the molecule is Cc1c(Br)ccc(NC(=O)COC(=O)c2ccc(-c3ccc(C=O)o3)cc2)c1C. The summed E-state index contributed by atoms with van der Waals surface area (Å²) in [6.07, 6.45) is 0.622. The first-order chi connectivity index (χ1) is 13.9. The third kappa shape index (κ3) is 4.81. The molecular weight excluding hydrogens is 438 g/mol. The van der Waals surface area contributed by atoms with Crippen LogP contribution in [0.25, 0.3) is 11.3 Å². The maximum atomic E-state index is 12.2. The van der Waals surface area contributed by atoms with E-state index >= 15 is 0 Å². The average Bonchev–Trinajstić information content (AvgIpc) is 3.22. The van der Waals surface area contributed by atoms with Gasteiger partial charge in [0.05, 0.1) is 5.56 Å². The van der Waals surface area contributed by atoms with Crippen molar-refractivity contribution in [1.29, 1.82) is 0 Å². The monoisotopic (exact) mass is 455 g/mol. The minimum atomic E-state index is -0.608. The van der Waals surface area contributed by atoms with Gasteiger partial charge in [0.1, 0.15) is 5.76 Å². The van der Waals surface area contributed by atoms with Crippen LogP contribution in [0.5, 0.6) is 0 Å². The molecule has 0 aliphatic heterocycles. The van der Waals surface area contributed by atoms with Crippen molar-refractivity contribution in [2.24, 2.45) is 0 Å². The van der Waals surface area contributed by atoms with E-state index in [1.807, 2.05) is 19.9 Å². The number of hydrogen-bond donors (Lipinski definition) is 1. The molecule has 0 spiro atoms. The number of furan rings is 1. The molecule has 2 aromatic carbocycles. The van der Waals surface area contributed by atoms with Crippen LogP contribution in [0.4, 0.5) is 5.69 Å². The zero-order valence-electron chi connectivity index (χ0n) is 15.8. The fourth-order valence-corrected chi connectivity index (χ4v) is 3.10. The van der Waals surface area contributed by atoms with Gasteiger partial charge in [-0.15, -0.1) is 0 Å². The largest absolute Gasteiger partial charge is 0.453 e. The quantitative estimate of drug-likeness (QED) is 0.420. The summed E-state index contributed by atoms with van der Waals surface area (Å²) >= 11 is 3.44. The Morgan fingerprint density at radius 2 is 1.76 bits per heavy atom.